The molecule has 3 fully saturated rings. The predicted molar refractivity (Wildman–Crippen MR) is 142 cm³/mol. The van der Waals surface area contributed by atoms with Crippen molar-refractivity contribution in [3.63, 3.8) is 0 Å². The van der Waals surface area contributed by atoms with Gasteiger partial charge >= 0.3 is 0 Å². The summed E-state index contributed by atoms with van der Waals surface area (Å²) < 4.78 is 20.7. The zero-order valence-electron chi connectivity index (χ0n) is 22.2. The van der Waals surface area contributed by atoms with Crippen molar-refractivity contribution >= 4 is 0 Å². The van der Waals surface area contributed by atoms with Crippen molar-refractivity contribution in [1.29, 1.82) is 0 Å². The van der Waals surface area contributed by atoms with Crippen molar-refractivity contribution in [1.82, 2.24) is 0 Å². The van der Waals surface area contributed by atoms with Crippen LogP contribution in [0.2, 0.25) is 0 Å². The van der Waals surface area contributed by atoms with E-state index in [1.165, 1.54) is 96.3 Å². The number of benzene rings is 1. The van der Waals surface area contributed by atoms with Gasteiger partial charge in [0.25, 0.3) is 0 Å². The Morgan fingerprint density at radius 1 is 0.735 bits per heavy atom. The zero-order valence-corrected chi connectivity index (χ0v) is 22.2. The summed E-state index contributed by atoms with van der Waals surface area (Å²) in [5.41, 5.74) is 0.945. The van der Waals surface area contributed by atoms with Crippen molar-refractivity contribution < 1.29 is 9.13 Å². The van der Waals surface area contributed by atoms with Crippen LogP contribution >= 0.6 is 0 Å². The Kier molecular flexibility index (Phi) is 10.2. The molecule has 4 atom stereocenters. The highest BCUT2D eigenvalue weighted by atomic mass is 19.1. The topological polar surface area (TPSA) is 9.23 Å². The molecule has 1 nitrogen and oxygen atoms in total. The van der Waals surface area contributed by atoms with E-state index in [-0.39, 0.29) is 5.82 Å². The lowest BCUT2D eigenvalue weighted by atomic mass is 9.60. The zero-order chi connectivity index (χ0) is 23.8. The normalized spacial score (nSPS) is 31.7. The third-order valence-electron chi connectivity index (χ3n) is 9.86. The maximum atomic E-state index is 14.9. The molecule has 0 saturated heterocycles. The number of hydrogen-bond acceptors (Lipinski definition) is 1. The average molecular weight is 471 g/mol. The largest absolute Gasteiger partial charge is 0.493 e. The van der Waals surface area contributed by atoms with E-state index in [4.69, 9.17) is 4.74 Å². The summed E-state index contributed by atoms with van der Waals surface area (Å²) in [4.78, 5) is 0. The van der Waals surface area contributed by atoms with Crippen molar-refractivity contribution in [3.05, 3.63) is 29.6 Å². The van der Waals surface area contributed by atoms with Gasteiger partial charge in [0.15, 0.2) is 0 Å². The Morgan fingerprint density at radius 3 is 2.15 bits per heavy atom. The third kappa shape index (κ3) is 7.01. The first-order valence-electron chi connectivity index (χ1n) is 15.1. The van der Waals surface area contributed by atoms with Crippen LogP contribution in [0.15, 0.2) is 18.2 Å². The molecule has 0 aromatic heterocycles. The van der Waals surface area contributed by atoms with Gasteiger partial charge in [-0.25, -0.2) is 4.39 Å². The minimum Gasteiger partial charge on any atom is -0.493 e. The molecule has 0 radical (unpaired) electrons. The molecule has 0 N–H and O–H groups in total. The van der Waals surface area contributed by atoms with Gasteiger partial charge in [-0.05, 0) is 105 Å². The number of hydrogen-bond donors (Lipinski definition) is 0. The summed E-state index contributed by atoms with van der Waals surface area (Å²) in [6, 6.07) is 5.65. The smallest absolute Gasteiger partial charge is 0.130 e. The summed E-state index contributed by atoms with van der Waals surface area (Å²) in [6.45, 7) is 5.15. The summed E-state index contributed by atoms with van der Waals surface area (Å²) >= 11 is 0. The molecular weight excluding hydrogens is 419 g/mol. The van der Waals surface area contributed by atoms with Gasteiger partial charge in [0, 0.05) is 6.07 Å². The van der Waals surface area contributed by atoms with Crippen LogP contribution in [0.1, 0.15) is 134 Å². The minimum absolute atomic E-state index is 0.0439. The Bertz CT molecular complexity index is 722. The highest BCUT2D eigenvalue weighted by Gasteiger charge is 2.39. The van der Waals surface area contributed by atoms with Crippen molar-refractivity contribution in [2.24, 2.45) is 29.6 Å². The Balaban J connectivity index is 1.22. The molecule has 3 aliphatic rings. The number of fused-ring (bicyclic) bond motifs is 1. The van der Waals surface area contributed by atoms with Gasteiger partial charge in [0.1, 0.15) is 11.6 Å². The van der Waals surface area contributed by atoms with Crippen LogP contribution < -0.4 is 4.74 Å². The molecule has 1 aromatic rings. The Morgan fingerprint density at radius 2 is 1.41 bits per heavy atom. The van der Waals surface area contributed by atoms with Crippen LogP contribution in [0.5, 0.6) is 5.75 Å². The lowest BCUT2D eigenvalue weighted by Gasteiger charge is -2.45. The molecule has 34 heavy (non-hydrogen) atoms. The van der Waals surface area contributed by atoms with Crippen LogP contribution in [-0.4, -0.2) is 6.61 Å². The SMILES string of the molecule is CCCCCCC1CCC(C2CCC3CC(c4ccc(OCCCC)cc4F)CCC3C2)CC1. The van der Waals surface area contributed by atoms with Crippen LogP contribution in [0, 0.1) is 35.4 Å². The second kappa shape index (κ2) is 13.3. The van der Waals surface area contributed by atoms with Gasteiger partial charge in [-0.15, -0.1) is 0 Å². The summed E-state index contributed by atoms with van der Waals surface area (Å²) in [5, 5.41) is 0. The fourth-order valence-electron chi connectivity index (χ4n) is 7.71. The third-order valence-corrected chi connectivity index (χ3v) is 9.86. The number of rotatable bonds is 11. The van der Waals surface area contributed by atoms with E-state index in [0.29, 0.717) is 18.3 Å². The highest BCUT2D eigenvalue weighted by Crippen LogP contribution is 2.51. The summed E-state index contributed by atoms with van der Waals surface area (Å²) in [5.74, 6) is 5.80. The monoisotopic (exact) mass is 470 g/mol. The van der Waals surface area contributed by atoms with E-state index in [2.05, 4.69) is 13.8 Å². The van der Waals surface area contributed by atoms with Gasteiger partial charge in [0.2, 0.25) is 0 Å². The first-order chi connectivity index (χ1) is 16.7. The maximum absolute atomic E-state index is 14.9. The molecule has 0 aliphatic heterocycles. The molecule has 0 amide bonds. The first kappa shape index (κ1) is 26.0. The molecule has 4 rings (SSSR count). The van der Waals surface area contributed by atoms with Crippen molar-refractivity contribution in [2.75, 3.05) is 6.61 Å². The fraction of sp³-hybridized carbons (Fsp3) is 0.812. The van der Waals surface area contributed by atoms with Gasteiger partial charge in [-0.3, -0.25) is 0 Å². The van der Waals surface area contributed by atoms with Crippen LogP contribution in [-0.2, 0) is 0 Å². The van der Waals surface area contributed by atoms with Crippen molar-refractivity contribution in [2.45, 2.75) is 129 Å². The summed E-state index contributed by atoms with van der Waals surface area (Å²) in [7, 11) is 0. The number of unbranched alkanes of at least 4 members (excludes halogenated alkanes) is 4. The number of ether oxygens (including phenoxy) is 1. The average Bonchev–Trinajstić information content (AvgIpc) is 2.87. The van der Waals surface area contributed by atoms with Gasteiger partial charge in [-0.1, -0.05) is 71.3 Å². The molecule has 4 unspecified atom stereocenters. The molecule has 2 heteroatoms. The molecule has 3 aliphatic carbocycles. The van der Waals surface area contributed by atoms with Crippen LogP contribution in [0.3, 0.4) is 0 Å². The molecular formula is C32H51FO. The lowest BCUT2D eigenvalue weighted by Crippen LogP contribution is -2.34. The minimum atomic E-state index is -0.0439. The number of halogens is 1. The van der Waals surface area contributed by atoms with E-state index in [1.807, 2.05) is 12.1 Å². The Labute approximate surface area is 209 Å². The van der Waals surface area contributed by atoms with Gasteiger partial charge in [-0.2, -0.15) is 0 Å². The lowest BCUT2D eigenvalue weighted by molar-refractivity contribution is 0.0706. The van der Waals surface area contributed by atoms with Gasteiger partial charge < -0.3 is 4.74 Å². The molecule has 3 saturated carbocycles. The first-order valence-corrected chi connectivity index (χ1v) is 15.1. The second-order valence-corrected chi connectivity index (χ2v) is 12.1. The van der Waals surface area contributed by atoms with E-state index in [1.54, 1.807) is 6.07 Å². The molecule has 0 spiro atoms. The molecule has 0 bridgehead atoms. The molecule has 192 valence electrons. The van der Waals surface area contributed by atoms with Crippen LogP contribution in [0.25, 0.3) is 0 Å². The van der Waals surface area contributed by atoms with E-state index < -0.39 is 0 Å². The summed E-state index contributed by atoms with van der Waals surface area (Å²) in [6.07, 6.45) is 23.3. The maximum Gasteiger partial charge on any atom is 0.130 e. The Hall–Kier alpha value is -1.05. The standard InChI is InChI=1S/C32H51FO/c1-3-5-7-8-9-24-10-12-25(13-11-24)26-14-15-28-22-29(17-16-27(28)21-26)31-19-18-30(23-32(31)33)34-20-6-4-2/h18-19,23-29H,3-17,20-22H2,1-2H3. The highest BCUT2D eigenvalue weighted by molar-refractivity contribution is 5.31. The van der Waals surface area contributed by atoms with E-state index >= 15 is 0 Å². The second-order valence-electron chi connectivity index (χ2n) is 12.1. The van der Waals surface area contributed by atoms with Gasteiger partial charge in [0.05, 0.1) is 6.61 Å². The quantitative estimate of drug-likeness (QED) is 0.292. The predicted octanol–water partition coefficient (Wildman–Crippen LogP) is 10.1. The van der Waals surface area contributed by atoms with Crippen molar-refractivity contribution in [3.8, 4) is 5.75 Å². The van der Waals surface area contributed by atoms with Crippen LogP contribution in [0.4, 0.5) is 4.39 Å². The molecule has 1 aromatic carbocycles. The van der Waals surface area contributed by atoms with E-state index in [0.717, 1.165) is 48.0 Å². The molecule has 0 heterocycles. The van der Waals surface area contributed by atoms with E-state index in [9.17, 15) is 4.39 Å². The fourth-order valence-corrected chi connectivity index (χ4v) is 7.71.